The van der Waals surface area contributed by atoms with Gasteiger partial charge in [-0.05, 0) is 57.0 Å². The number of pyridine rings is 1. The van der Waals surface area contributed by atoms with Crippen LogP contribution in [0.1, 0.15) is 32.8 Å². The minimum absolute atomic E-state index is 0.182. The van der Waals surface area contributed by atoms with E-state index in [1.807, 2.05) is 51.2 Å². The number of nitrogens with zero attached hydrogens (tertiary/aromatic N) is 3. The third-order valence-corrected chi connectivity index (χ3v) is 5.75. The van der Waals surface area contributed by atoms with Crippen LogP contribution in [-0.4, -0.2) is 45.9 Å². The van der Waals surface area contributed by atoms with Crippen molar-refractivity contribution in [2.75, 3.05) is 23.7 Å². The molecule has 0 fully saturated rings. The van der Waals surface area contributed by atoms with Gasteiger partial charge in [0.25, 0.3) is 0 Å². The van der Waals surface area contributed by atoms with E-state index in [-0.39, 0.29) is 12.1 Å². The molecule has 0 radical (unpaired) electrons. The van der Waals surface area contributed by atoms with E-state index >= 15 is 0 Å². The number of ether oxygens (including phenoxy) is 1. The van der Waals surface area contributed by atoms with Gasteiger partial charge in [0.15, 0.2) is 5.58 Å². The average Bonchev–Trinajstić information content (AvgIpc) is 3.40. The summed E-state index contributed by atoms with van der Waals surface area (Å²) in [6.45, 7) is 6.89. The monoisotopic (exact) mass is 433 g/mol. The van der Waals surface area contributed by atoms with Gasteiger partial charge >= 0.3 is 6.09 Å². The van der Waals surface area contributed by atoms with Crippen LogP contribution in [0, 0.1) is 0 Å². The molecular weight excluding hydrogens is 406 g/mol. The number of hydrogen-bond acceptors (Lipinski definition) is 7. The van der Waals surface area contributed by atoms with Gasteiger partial charge in [-0.25, -0.2) is 9.78 Å². The normalized spacial score (nSPS) is 18.2. The Bertz CT molecular complexity index is 1190. The minimum atomic E-state index is -0.483. The number of rotatable bonds is 3. The first-order valence-corrected chi connectivity index (χ1v) is 10.9. The number of carbonyl (C=O) groups is 1. The molecule has 8 heteroatoms. The summed E-state index contributed by atoms with van der Waals surface area (Å²) in [5.74, 6) is 0.904. The van der Waals surface area contributed by atoms with Crippen molar-refractivity contribution in [2.24, 2.45) is 0 Å². The third-order valence-electron chi connectivity index (χ3n) is 5.75. The Kier molecular flexibility index (Phi) is 5.00. The van der Waals surface area contributed by atoms with Crippen molar-refractivity contribution >= 4 is 34.3 Å². The maximum absolute atomic E-state index is 12.3. The van der Waals surface area contributed by atoms with Crippen LogP contribution in [0.5, 0.6) is 0 Å². The van der Waals surface area contributed by atoms with E-state index in [1.165, 1.54) is 11.1 Å². The van der Waals surface area contributed by atoms with Crippen molar-refractivity contribution in [1.82, 2.24) is 15.0 Å². The Balaban J connectivity index is 1.28. The first kappa shape index (κ1) is 20.4. The van der Waals surface area contributed by atoms with Gasteiger partial charge < -0.3 is 24.8 Å². The molecule has 1 unspecified atom stereocenters. The zero-order valence-electron chi connectivity index (χ0n) is 18.5. The highest BCUT2D eigenvalue weighted by Gasteiger charge is 2.30. The molecule has 0 spiro atoms. The molecule has 32 heavy (non-hydrogen) atoms. The SMILES string of the molecule is CC(C)(C)OC(=O)N1CC=C(C2Cc3c(Nc4ccc5oncc5c4)ccnc3N2)CC1. The van der Waals surface area contributed by atoms with E-state index in [2.05, 4.69) is 26.9 Å². The molecule has 2 aromatic heterocycles. The second kappa shape index (κ2) is 7.85. The minimum Gasteiger partial charge on any atom is -0.444 e. The fourth-order valence-corrected chi connectivity index (χ4v) is 4.18. The average molecular weight is 434 g/mol. The Labute approximate surface area is 186 Å². The van der Waals surface area contributed by atoms with Gasteiger partial charge in [0.05, 0.1) is 12.2 Å². The van der Waals surface area contributed by atoms with E-state index in [4.69, 9.17) is 9.26 Å². The van der Waals surface area contributed by atoms with E-state index < -0.39 is 5.60 Å². The van der Waals surface area contributed by atoms with Gasteiger partial charge in [-0.1, -0.05) is 11.2 Å². The van der Waals surface area contributed by atoms with Crippen LogP contribution in [0.3, 0.4) is 0 Å². The maximum Gasteiger partial charge on any atom is 0.410 e. The van der Waals surface area contributed by atoms with Crippen molar-refractivity contribution < 1.29 is 14.1 Å². The second-order valence-electron chi connectivity index (χ2n) is 9.25. The summed E-state index contributed by atoms with van der Waals surface area (Å²) in [4.78, 5) is 18.6. The Hall–Kier alpha value is -3.55. The Morgan fingerprint density at radius 1 is 1.31 bits per heavy atom. The molecular formula is C24H27N5O3. The lowest BCUT2D eigenvalue weighted by Gasteiger charge is -2.31. The number of amides is 1. The first-order chi connectivity index (χ1) is 15.4. The topological polar surface area (TPSA) is 92.5 Å². The van der Waals surface area contributed by atoms with Crippen LogP contribution in [0.15, 0.2) is 52.8 Å². The molecule has 3 aromatic rings. The lowest BCUT2D eigenvalue weighted by atomic mass is 9.97. The lowest BCUT2D eigenvalue weighted by Crippen LogP contribution is -2.40. The Morgan fingerprint density at radius 3 is 2.97 bits per heavy atom. The summed E-state index contributed by atoms with van der Waals surface area (Å²) in [5.41, 5.74) is 4.76. The fourth-order valence-electron chi connectivity index (χ4n) is 4.18. The molecule has 2 aliphatic heterocycles. The second-order valence-corrected chi connectivity index (χ2v) is 9.25. The van der Waals surface area contributed by atoms with Gasteiger partial charge in [0, 0.05) is 48.0 Å². The highest BCUT2D eigenvalue weighted by molar-refractivity contribution is 5.82. The van der Waals surface area contributed by atoms with Crippen LogP contribution in [-0.2, 0) is 11.2 Å². The highest BCUT2D eigenvalue weighted by Crippen LogP contribution is 2.35. The van der Waals surface area contributed by atoms with Crippen molar-refractivity contribution in [3.8, 4) is 0 Å². The number of benzene rings is 1. The van der Waals surface area contributed by atoms with Gasteiger partial charge in [0.1, 0.15) is 11.4 Å². The van der Waals surface area contributed by atoms with E-state index in [0.29, 0.717) is 13.1 Å². The molecule has 0 saturated heterocycles. The lowest BCUT2D eigenvalue weighted by molar-refractivity contribution is 0.0265. The molecule has 2 N–H and O–H groups in total. The van der Waals surface area contributed by atoms with E-state index in [0.717, 1.165) is 41.0 Å². The molecule has 1 amide bonds. The zero-order valence-corrected chi connectivity index (χ0v) is 18.5. The summed E-state index contributed by atoms with van der Waals surface area (Å²) in [6, 6.07) is 8.10. The largest absolute Gasteiger partial charge is 0.444 e. The molecule has 2 aliphatic rings. The maximum atomic E-state index is 12.3. The summed E-state index contributed by atoms with van der Waals surface area (Å²) in [6.07, 6.45) is 7.08. The quantitative estimate of drug-likeness (QED) is 0.569. The predicted octanol–water partition coefficient (Wildman–Crippen LogP) is 4.87. The van der Waals surface area contributed by atoms with Gasteiger partial charge in [-0.15, -0.1) is 0 Å². The molecule has 8 nitrogen and oxygen atoms in total. The summed E-state index contributed by atoms with van der Waals surface area (Å²) < 4.78 is 10.7. The van der Waals surface area contributed by atoms with Crippen LogP contribution >= 0.6 is 0 Å². The highest BCUT2D eigenvalue weighted by atomic mass is 16.6. The van der Waals surface area contributed by atoms with Crippen LogP contribution in [0.2, 0.25) is 0 Å². The summed E-state index contributed by atoms with van der Waals surface area (Å²) >= 11 is 0. The predicted molar refractivity (Wildman–Crippen MR) is 123 cm³/mol. The standard InChI is InChI=1S/C24H27N5O3/c1-24(2,3)31-23(30)29-10-7-15(8-11-29)20-13-18-19(6-9-25-22(18)28-20)27-17-4-5-21-16(12-17)14-26-32-21/h4-7,9,12,14,20H,8,10-11,13H2,1-3H3,(H2,25,27,28). The molecule has 1 atom stereocenters. The number of hydrogen-bond donors (Lipinski definition) is 2. The number of nitrogens with one attached hydrogen (secondary N) is 2. The molecule has 166 valence electrons. The smallest absolute Gasteiger partial charge is 0.410 e. The molecule has 0 bridgehead atoms. The van der Waals surface area contributed by atoms with Crippen molar-refractivity contribution in [1.29, 1.82) is 0 Å². The van der Waals surface area contributed by atoms with Crippen molar-refractivity contribution in [3.05, 3.63) is 53.9 Å². The summed E-state index contributed by atoms with van der Waals surface area (Å²) in [7, 11) is 0. The van der Waals surface area contributed by atoms with Gasteiger partial charge in [-0.3, -0.25) is 0 Å². The summed E-state index contributed by atoms with van der Waals surface area (Å²) in [5, 5.41) is 11.9. The molecule has 1 aromatic carbocycles. The third kappa shape index (κ3) is 4.12. The number of anilines is 3. The molecule has 0 saturated carbocycles. The van der Waals surface area contributed by atoms with Crippen LogP contribution in [0.25, 0.3) is 11.0 Å². The van der Waals surface area contributed by atoms with E-state index in [9.17, 15) is 4.79 Å². The molecule has 4 heterocycles. The van der Waals surface area contributed by atoms with Crippen molar-refractivity contribution in [2.45, 2.75) is 45.3 Å². The van der Waals surface area contributed by atoms with E-state index in [1.54, 1.807) is 11.1 Å². The number of fused-ring (bicyclic) bond motifs is 2. The molecule has 0 aliphatic carbocycles. The van der Waals surface area contributed by atoms with Gasteiger partial charge in [-0.2, -0.15) is 0 Å². The zero-order chi connectivity index (χ0) is 22.3. The van der Waals surface area contributed by atoms with Crippen LogP contribution in [0.4, 0.5) is 22.0 Å². The fraction of sp³-hybridized carbons (Fsp3) is 0.375. The van der Waals surface area contributed by atoms with Crippen molar-refractivity contribution in [3.63, 3.8) is 0 Å². The number of carbonyl (C=O) groups excluding carboxylic acids is 1. The molecule has 5 rings (SSSR count). The number of aromatic nitrogens is 2. The first-order valence-electron chi connectivity index (χ1n) is 10.9. The van der Waals surface area contributed by atoms with Crippen LogP contribution < -0.4 is 10.6 Å². The van der Waals surface area contributed by atoms with Gasteiger partial charge in [0.2, 0.25) is 0 Å². The Morgan fingerprint density at radius 2 is 2.19 bits per heavy atom.